The van der Waals surface area contributed by atoms with E-state index >= 15 is 0 Å². The van der Waals surface area contributed by atoms with E-state index in [1.165, 1.54) is 17.7 Å². The Morgan fingerprint density at radius 2 is 1.73 bits per heavy atom. The standard InChI is InChI=1S/C19H21FN6/c1-2-14-5-3-4-6-16(14)23-19-25-17(24-18(21)26-19)12-22-11-13-7-9-15(20)10-8-13/h3-10,22H,2,11-12H2,1H3,(H3,21,23,24,25,26). The Hall–Kier alpha value is -3.06. The molecule has 7 heteroatoms. The number of aromatic nitrogens is 3. The first kappa shape index (κ1) is 17.8. The van der Waals surface area contributed by atoms with Gasteiger partial charge in [0.05, 0.1) is 6.54 Å². The average Bonchev–Trinajstić information content (AvgIpc) is 2.63. The lowest BCUT2D eigenvalue weighted by Gasteiger charge is -2.11. The minimum absolute atomic E-state index is 0.162. The van der Waals surface area contributed by atoms with Gasteiger partial charge in [-0.25, -0.2) is 4.39 Å². The third kappa shape index (κ3) is 4.73. The number of hydrogen-bond acceptors (Lipinski definition) is 6. The van der Waals surface area contributed by atoms with Crippen LogP contribution in [0.2, 0.25) is 0 Å². The van der Waals surface area contributed by atoms with E-state index in [9.17, 15) is 4.39 Å². The third-order valence-corrected chi connectivity index (χ3v) is 3.87. The first-order chi connectivity index (χ1) is 12.6. The molecule has 0 aliphatic heterocycles. The van der Waals surface area contributed by atoms with Gasteiger partial charge in [-0.3, -0.25) is 0 Å². The number of hydrogen-bond donors (Lipinski definition) is 3. The smallest absolute Gasteiger partial charge is 0.232 e. The van der Waals surface area contributed by atoms with Crippen LogP contribution in [-0.2, 0) is 19.5 Å². The highest BCUT2D eigenvalue weighted by Crippen LogP contribution is 2.19. The molecule has 0 atom stereocenters. The number of nitrogens with zero attached hydrogens (tertiary/aromatic N) is 3. The summed E-state index contributed by atoms with van der Waals surface area (Å²) in [6, 6.07) is 14.3. The maximum absolute atomic E-state index is 12.9. The SMILES string of the molecule is CCc1ccccc1Nc1nc(N)nc(CNCc2ccc(F)cc2)n1. The Balaban J connectivity index is 1.66. The van der Waals surface area contributed by atoms with Gasteiger partial charge in [0.25, 0.3) is 0 Å². The summed E-state index contributed by atoms with van der Waals surface area (Å²) in [4.78, 5) is 12.7. The quantitative estimate of drug-likeness (QED) is 0.605. The van der Waals surface area contributed by atoms with Crippen molar-refractivity contribution in [1.82, 2.24) is 20.3 Å². The van der Waals surface area contributed by atoms with Gasteiger partial charge in [-0.2, -0.15) is 15.0 Å². The number of benzene rings is 2. The minimum atomic E-state index is -0.248. The molecule has 0 aliphatic rings. The number of anilines is 3. The van der Waals surface area contributed by atoms with Crippen LogP contribution in [-0.4, -0.2) is 15.0 Å². The van der Waals surface area contributed by atoms with Gasteiger partial charge < -0.3 is 16.4 Å². The van der Waals surface area contributed by atoms with Crippen molar-refractivity contribution in [1.29, 1.82) is 0 Å². The number of aryl methyl sites for hydroxylation is 1. The molecule has 1 aromatic heterocycles. The minimum Gasteiger partial charge on any atom is -0.368 e. The van der Waals surface area contributed by atoms with Crippen molar-refractivity contribution >= 4 is 17.6 Å². The second-order valence-corrected chi connectivity index (χ2v) is 5.80. The normalized spacial score (nSPS) is 10.7. The summed E-state index contributed by atoms with van der Waals surface area (Å²) in [5.41, 5.74) is 8.91. The van der Waals surface area contributed by atoms with Crippen molar-refractivity contribution in [2.45, 2.75) is 26.4 Å². The molecule has 2 aromatic carbocycles. The maximum atomic E-state index is 12.9. The molecular formula is C19H21FN6. The number of nitrogens with one attached hydrogen (secondary N) is 2. The Morgan fingerprint density at radius 1 is 0.962 bits per heavy atom. The molecule has 26 heavy (non-hydrogen) atoms. The van der Waals surface area contributed by atoms with E-state index in [1.54, 1.807) is 12.1 Å². The molecule has 0 saturated carbocycles. The van der Waals surface area contributed by atoms with E-state index < -0.39 is 0 Å². The van der Waals surface area contributed by atoms with Gasteiger partial charge in [-0.05, 0) is 35.7 Å². The van der Waals surface area contributed by atoms with Gasteiger partial charge in [0, 0.05) is 12.2 Å². The first-order valence-corrected chi connectivity index (χ1v) is 8.44. The zero-order chi connectivity index (χ0) is 18.4. The number of nitrogen functional groups attached to an aromatic ring is 1. The molecule has 1 heterocycles. The van der Waals surface area contributed by atoms with Crippen molar-refractivity contribution < 1.29 is 4.39 Å². The van der Waals surface area contributed by atoms with Gasteiger partial charge in [0.2, 0.25) is 11.9 Å². The molecule has 3 aromatic rings. The molecule has 0 fully saturated rings. The molecule has 6 nitrogen and oxygen atoms in total. The molecule has 0 bridgehead atoms. The molecule has 0 spiro atoms. The highest BCUT2D eigenvalue weighted by molar-refractivity contribution is 5.58. The molecule has 0 aliphatic carbocycles. The summed E-state index contributed by atoms with van der Waals surface area (Å²) < 4.78 is 12.9. The van der Waals surface area contributed by atoms with Gasteiger partial charge in [0.15, 0.2) is 0 Å². The maximum Gasteiger partial charge on any atom is 0.232 e. The van der Waals surface area contributed by atoms with Crippen molar-refractivity contribution in [3.8, 4) is 0 Å². The molecule has 0 amide bonds. The number of para-hydroxylation sites is 1. The fourth-order valence-corrected chi connectivity index (χ4v) is 2.56. The molecule has 0 saturated heterocycles. The highest BCUT2D eigenvalue weighted by Gasteiger charge is 2.07. The largest absolute Gasteiger partial charge is 0.368 e. The van der Waals surface area contributed by atoms with E-state index in [4.69, 9.17) is 5.73 Å². The summed E-state index contributed by atoms with van der Waals surface area (Å²) in [6.07, 6.45) is 0.899. The van der Waals surface area contributed by atoms with E-state index in [1.807, 2.05) is 18.2 Å². The molecule has 134 valence electrons. The van der Waals surface area contributed by atoms with Crippen LogP contribution in [0.5, 0.6) is 0 Å². The van der Waals surface area contributed by atoms with Crippen LogP contribution in [0.15, 0.2) is 48.5 Å². The van der Waals surface area contributed by atoms with Gasteiger partial charge in [-0.1, -0.05) is 37.3 Å². The molecular weight excluding hydrogens is 331 g/mol. The topological polar surface area (TPSA) is 88.8 Å². The molecule has 4 N–H and O–H groups in total. The molecule has 0 radical (unpaired) electrons. The predicted octanol–water partition coefficient (Wildman–Crippen LogP) is 3.19. The van der Waals surface area contributed by atoms with Gasteiger partial charge >= 0.3 is 0 Å². The van der Waals surface area contributed by atoms with Gasteiger partial charge in [0.1, 0.15) is 11.6 Å². The number of halogens is 1. The van der Waals surface area contributed by atoms with Crippen molar-refractivity contribution in [2.75, 3.05) is 11.1 Å². The lowest BCUT2D eigenvalue weighted by atomic mass is 10.1. The van der Waals surface area contributed by atoms with Crippen LogP contribution < -0.4 is 16.4 Å². The monoisotopic (exact) mass is 352 g/mol. The van der Waals surface area contributed by atoms with E-state index in [0.717, 1.165) is 17.7 Å². The van der Waals surface area contributed by atoms with E-state index in [0.29, 0.717) is 24.9 Å². The zero-order valence-corrected chi connectivity index (χ0v) is 14.5. The molecule has 0 unspecified atom stereocenters. The highest BCUT2D eigenvalue weighted by atomic mass is 19.1. The Labute approximate surface area is 151 Å². The second kappa shape index (κ2) is 8.35. The molecule has 3 rings (SSSR count). The van der Waals surface area contributed by atoms with Crippen LogP contribution >= 0.6 is 0 Å². The van der Waals surface area contributed by atoms with Crippen molar-refractivity contribution in [2.24, 2.45) is 0 Å². The van der Waals surface area contributed by atoms with Crippen LogP contribution in [0.25, 0.3) is 0 Å². The van der Waals surface area contributed by atoms with Crippen LogP contribution in [0.3, 0.4) is 0 Å². The predicted molar refractivity (Wildman–Crippen MR) is 100 cm³/mol. The Bertz CT molecular complexity index is 866. The summed E-state index contributed by atoms with van der Waals surface area (Å²) in [5, 5.41) is 6.43. The summed E-state index contributed by atoms with van der Waals surface area (Å²) in [6.45, 7) is 3.09. The Morgan fingerprint density at radius 3 is 2.50 bits per heavy atom. The third-order valence-electron chi connectivity index (χ3n) is 3.87. The van der Waals surface area contributed by atoms with E-state index in [2.05, 4.69) is 38.6 Å². The fraction of sp³-hybridized carbons (Fsp3) is 0.211. The van der Waals surface area contributed by atoms with Crippen LogP contribution in [0, 0.1) is 5.82 Å². The van der Waals surface area contributed by atoms with Crippen LogP contribution in [0.4, 0.5) is 22.0 Å². The van der Waals surface area contributed by atoms with E-state index in [-0.39, 0.29) is 11.8 Å². The summed E-state index contributed by atoms with van der Waals surface area (Å²) in [5.74, 6) is 0.866. The fourth-order valence-electron chi connectivity index (χ4n) is 2.56. The van der Waals surface area contributed by atoms with Crippen LogP contribution in [0.1, 0.15) is 23.9 Å². The lowest BCUT2D eigenvalue weighted by Crippen LogP contribution is -2.17. The first-order valence-electron chi connectivity index (χ1n) is 8.44. The zero-order valence-electron chi connectivity index (χ0n) is 14.5. The number of rotatable bonds is 7. The second-order valence-electron chi connectivity index (χ2n) is 5.80. The lowest BCUT2D eigenvalue weighted by molar-refractivity contribution is 0.623. The van der Waals surface area contributed by atoms with Crippen molar-refractivity contribution in [3.63, 3.8) is 0 Å². The van der Waals surface area contributed by atoms with Crippen molar-refractivity contribution in [3.05, 3.63) is 71.3 Å². The average molecular weight is 352 g/mol. The Kier molecular flexibility index (Phi) is 5.70. The summed E-state index contributed by atoms with van der Waals surface area (Å²) >= 11 is 0. The number of nitrogens with two attached hydrogens (primary N) is 1. The summed E-state index contributed by atoms with van der Waals surface area (Å²) in [7, 11) is 0. The van der Waals surface area contributed by atoms with Gasteiger partial charge in [-0.15, -0.1) is 0 Å².